The number of rotatable bonds is 6. The van der Waals surface area contributed by atoms with Crippen molar-refractivity contribution >= 4 is 11.4 Å². The van der Waals surface area contributed by atoms with Gasteiger partial charge < -0.3 is 9.68 Å². The SMILES string of the molecule is CON=C(C)c1ccc(C(=NOC)C(C)N=O)cc1. The van der Waals surface area contributed by atoms with Gasteiger partial charge in [0, 0.05) is 5.56 Å². The van der Waals surface area contributed by atoms with E-state index in [1.807, 2.05) is 31.2 Å². The van der Waals surface area contributed by atoms with Crippen LogP contribution in [0.2, 0.25) is 0 Å². The molecule has 19 heavy (non-hydrogen) atoms. The Morgan fingerprint density at radius 2 is 1.58 bits per heavy atom. The largest absolute Gasteiger partial charge is 0.399 e. The second-order valence-corrected chi connectivity index (χ2v) is 3.88. The third-order valence-corrected chi connectivity index (χ3v) is 2.57. The van der Waals surface area contributed by atoms with Crippen LogP contribution in [0.3, 0.4) is 0 Å². The summed E-state index contributed by atoms with van der Waals surface area (Å²) in [6.07, 6.45) is 0. The zero-order chi connectivity index (χ0) is 14.3. The summed E-state index contributed by atoms with van der Waals surface area (Å²) in [6, 6.07) is 6.85. The third kappa shape index (κ3) is 3.87. The molecule has 0 radical (unpaired) electrons. The summed E-state index contributed by atoms with van der Waals surface area (Å²) < 4.78 is 0. The zero-order valence-electron chi connectivity index (χ0n) is 11.5. The summed E-state index contributed by atoms with van der Waals surface area (Å²) in [5, 5.41) is 10.7. The van der Waals surface area contributed by atoms with E-state index in [1.165, 1.54) is 14.2 Å². The van der Waals surface area contributed by atoms with Crippen LogP contribution in [-0.4, -0.2) is 31.7 Å². The van der Waals surface area contributed by atoms with Gasteiger partial charge in [-0.05, 0) is 19.4 Å². The molecule has 0 aliphatic rings. The second kappa shape index (κ2) is 7.25. The molecule has 0 bridgehead atoms. The van der Waals surface area contributed by atoms with Crippen LogP contribution < -0.4 is 0 Å². The van der Waals surface area contributed by atoms with Gasteiger partial charge in [0.25, 0.3) is 0 Å². The van der Waals surface area contributed by atoms with Crippen LogP contribution in [0.25, 0.3) is 0 Å². The minimum atomic E-state index is -0.570. The topological polar surface area (TPSA) is 72.6 Å². The summed E-state index contributed by atoms with van der Waals surface area (Å²) in [6.45, 7) is 3.51. The normalized spacial score (nSPS) is 13.9. The van der Waals surface area contributed by atoms with Gasteiger partial charge in [-0.1, -0.05) is 39.8 Å². The molecule has 1 rings (SSSR count). The number of nitrogens with zero attached hydrogens (tertiary/aromatic N) is 3. The number of oxime groups is 2. The Bertz CT molecular complexity index is 480. The van der Waals surface area contributed by atoms with E-state index in [4.69, 9.17) is 9.68 Å². The molecule has 0 aromatic heterocycles. The van der Waals surface area contributed by atoms with Crippen molar-refractivity contribution < 1.29 is 9.68 Å². The van der Waals surface area contributed by atoms with E-state index in [1.54, 1.807) is 6.92 Å². The first-order valence-corrected chi connectivity index (χ1v) is 5.76. The van der Waals surface area contributed by atoms with Gasteiger partial charge in [-0.15, -0.1) is 0 Å². The Morgan fingerprint density at radius 1 is 1.05 bits per heavy atom. The van der Waals surface area contributed by atoms with Crippen LogP contribution in [0.15, 0.2) is 39.8 Å². The van der Waals surface area contributed by atoms with Crippen LogP contribution in [0, 0.1) is 4.91 Å². The number of hydrogen-bond donors (Lipinski definition) is 0. The van der Waals surface area contributed by atoms with Crippen LogP contribution in [0.5, 0.6) is 0 Å². The molecule has 0 spiro atoms. The fourth-order valence-electron chi connectivity index (χ4n) is 1.59. The molecule has 102 valence electrons. The van der Waals surface area contributed by atoms with Crippen LogP contribution >= 0.6 is 0 Å². The van der Waals surface area contributed by atoms with Crippen molar-refractivity contribution in [3.8, 4) is 0 Å². The molecular formula is C13H17N3O3. The molecule has 6 heteroatoms. The Kier molecular flexibility index (Phi) is 5.66. The van der Waals surface area contributed by atoms with Crippen LogP contribution in [0.4, 0.5) is 0 Å². The fourth-order valence-corrected chi connectivity index (χ4v) is 1.59. The van der Waals surface area contributed by atoms with Crippen molar-refractivity contribution in [3.63, 3.8) is 0 Å². The van der Waals surface area contributed by atoms with Gasteiger partial charge in [0.15, 0.2) is 0 Å². The molecule has 0 aliphatic carbocycles. The summed E-state index contributed by atoms with van der Waals surface area (Å²) in [5.74, 6) is 0. The molecule has 1 aromatic rings. The van der Waals surface area contributed by atoms with Gasteiger partial charge in [0.1, 0.15) is 26.0 Å². The van der Waals surface area contributed by atoms with E-state index in [0.717, 1.165) is 16.8 Å². The lowest BCUT2D eigenvalue weighted by Crippen LogP contribution is -2.16. The van der Waals surface area contributed by atoms with Crippen LogP contribution in [-0.2, 0) is 9.68 Å². The standard InChI is InChI=1S/C13H17N3O3/c1-9(15-18-3)11-5-7-12(8-6-11)13(16-19-4)10(2)14-17/h5-8,10H,1-4H3. The molecule has 0 fully saturated rings. The minimum Gasteiger partial charge on any atom is -0.399 e. The van der Waals surface area contributed by atoms with Gasteiger partial charge in [-0.2, -0.15) is 4.91 Å². The quantitative estimate of drug-likeness (QED) is 0.450. The number of benzene rings is 1. The summed E-state index contributed by atoms with van der Waals surface area (Å²) in [5.41, 5.74) is 2.96. The van der Waals surface area contributed by atoms with Crippen molar-refractivity contribution in [2.24, 2.45) is 15.5 Å². The van der Waals surface area contributed by atoms with Gasteiger partial charge in [-0.3, -0.25) is 0 Å². The van der Waals surface area contributed by atoms with Crippen molar-refractivity contribution in [1.82, 2.24) is 0 Å². The average molecular weight is 263 g/mol. The molecule has 1 unspecified atom stereocenters. The number of hydrogen-bond acceptors (Lipinski definition) is 6. The Balaban J connectivity index is 3.06. The van der Waals surface area contributed by atoms with Gasteiger partial charge >= 0.3 is 0 Å². The molecule has 0 saturated heterocycles. The highest BCUT2D eigenvalue weighted by atomic mass is 16.6. The summed E-state index contributed by atoms with van der Waals surface area (Å²) >= 11 is 0. The Labute approximate surface area is 112 Å². The highest BCUT2D eigenvalue weighted by molar-refractivity contribution is 6.05. The molecule has 1 aromatic carbocycles. The van der Waals surface area contributed by atoms with E-state index in [9.17, 15) is 4.91 Å². The predicted octanol–water partition coefficient (Wildman–Crippen LogP) is 2.56. The van der Waals surface area contributed by atoms with Crippen molar-refractivity contribution in [3.05, 3.63) is 40.3 Å². The molecule has 0 N–H and O–H groups in total. The monoisotopic (exact) mass is 263 g/mol. The Morgan fingerprint density at radius 3 is 2.05 bits per heavy atom. The van der Waals surface area contributed by atoms with E-state index < -0.39 is 6.04 Å². The molecular weight excluding hydrogens is 246 g/mol. The Hall–Kier alpha value is -2.24. The molecule has 0 saturated carbocycles. The molecule has 1 atom stereocenters. The molecule has 0 aliphatic heterocycles. The average Bonchev–Trinajstić information content (AvgIpc) is 2.44. The number of nitroso groups, excluding NO2 is 1. The highest BCUT2D eigenvalue weighted by Gasteiger charge is 2.14. The lowest BCUT2D eigenvalue weighted by molar-refractivity contribution is 0.212. The maximum atomic E-state index is 10.6. The van der Waals surface area contributed by atoms with Gasteiger partial charge in [-0.25, -0.2) is 0 Å². The van der Waals surface area contributed by atoms with Crippen molar-refractivity contribution in [2.45, 2.75) is 19.9 Å². The predicted molar refractivity (Wildman–Crippen MR) is 74.5 cm³/mol. The minimum absolute atomic E-state index is 0.491. The van der Waals surface area contributed by atoms with Crippen LogP contribution in [0.1, 0.15) is 25.0 Å². The first-order valence-electron chi connectivity index (χ1n) is 5.76. The van der Waals surface area contributed by atoms with Gasteiger partial charge in [0.2, 0.25) is 0 Å². The molecule has 6 nitrogen and oxygen atoms in total. The molecule has 0 heterocycles. The first kappa shape index (κ1) is 14.8. The van der Waals surface area contributed by atoms with E-state index >= 15 is 0 Å². The van der Waals surface area contributed by atoms with Crippen molar-refractivity contribution in [2.75, 3.05) is 14.2 Å². The first-order chi connectivity index (χ1) is 9.13. The third-order valence-electron chi connectivity index (χ3n) is 2.57. The van der Waals surface area contributed by atoms with E-state index in [-0.39, 0.29) is 0 Å². The van der Waals surface area contributed by atoms with Gasteiger partial charge in [0.05, 0.1) is 5.71 Å². The van der Waals surface area contributed by atoms with E-state index in [0.29, 0.717) is 5.71 Å². The second-order valence-electron chi connectivity index (χ2n) is 3.88. The summed E-state index contributed by atoms with van der Waals surface area (Å²) in [4.78, 5) is 20.1. The fraction of sp³-hybridized carbons (Fsp3) is 0.385. The maximum absolute atomic E-state index is 10.6. The summed E-state index contributed by atoms with van der Waals surface area (Å²) in [7, 11) is 2.93. The smallest absolute Gasteiger partial charge is 0.135 e. The molecule has 0 amide bonds. The zero-order valence-corrected chi connectivity index (χ0v) is 11.5. The highest BCUT2D eigenvalue weighted by Crippen LogP contribution is 2.11. The van der Waals surface area contributed by atoms with Crippen molar-refractivity contribution in [1.29, 1.82) is 0 Å². The maximum Gasteiger partial charge on any atom is 0.135 e. The lowest BCUT2D eigenvalue weighted by Gasteiger charge is -2.08. The lowest BCUT2D eigenvalue weighted by atomic mass is 10.0. The van der Waals surface area contributed by atoms with E-state index in [2.05, 4.69) is 15.5 Å².